The molecule has 94 valence electrons. The van der Waals surface area contributed by atoms with Crippen molar-refractivity contribution in [3.63, 3.8) is 0 Å². The summed E-state index contributed by atoms with van der Waals surface area (Å²) in [5, 5.41) is 5.31. The number of hydrogen-bond donors (Lipinski definition) is 1. The van der Waals surface area contributed by atoms with Crippen molar-refractivity contribution in [1.29, 1.82) is 0 Å². The van der Waals surface area contributed by atoms with E-state index in [0.717, 1.165) is 25.3 Å². The summed E-state index contributed by atoms with van der Waals surface area (Å²) in [6.07, 6.45) is 3.89. The number of aromatic nitrogens is 1. The maximum absolute atomic E-state index is 11.1. The van der Waals surface area contributed by atoms with Gasteiger partial charge >= 0.3 is 0 Å². The number of nitrogens with zero attached hydrogens (tertiary/aromatic N) is 2. The van der Waals surface area contributed by atoms with Crippen LogP contribution in [0.25, 0.3) is 0 Å². The summed E-state index contributed by atoms with van der Waals surface area (Å²) in [5.74, 6) is -0.230. The molecule has 2 heterocycles. The molecule has 0 spiro atoms. The highest BCUT2D eigenvalue weighted by Crippen LogP contribution is 2.18. The van der Waals surface area contributed by atoms with Crippen LogP contribution < -0.4 is 5.32 Å². The van der Waals surface area contributed by atoms with Gasteiger partial charge in [0.25, 0.3) is 0 Å². The zero-order chi connectivity index (χ0) is 12.1. The van der Waals surface area contributed by atoms with E-state index in [0.29, 0.717) is 5.13 Å². The summed E-state index contributed by atoms with van der Waals surface area (Å²) < 4.78 is 0. The fourth-order valence-corrected chi connectivity index (χ4v) is 2.72. The lowest BCUT2D eigenvalue weighted by atomic mass is 10.1. The van der Waals surface area contributed by atoms with Gasteiger partial charge in [0.15, 0.2) is 5.13 Å². The normalized spacial score (nSPS) is 17.0. The van der Waals surface area contributed by atoms with E-state index in [-0.39, 0.29) is 11.8 Å². The van der Waals surface area contributed by atoms with E-state index in [1.165, 1.54) is 30.6 Å². The maximum atomic E-state index is 11.1. The van der Waals surface area contributed by atoms with Gasteiger partial charge in [-0.2, -0.15) is 0 Å². The molecular formula is C11H16ClN3OS. The first kappa shape index (κ1) is 12.8. The standard InChI is InChI=1S/C11H16ClN3OS/c12-6-10(16)14-11-13-9(8-17-11)7-15-4-2-1-3-5-15/h8H,1-7H2,(H,13,14,16). The minimum absolute atomic E-state index is 0.0267. The molecule has 0 aliphatic carbocycles. The lowest BCUT2D eigenvalue weighted by Gasteiger charge is -2.25. The molecule has 2 rings (SSSR count). The quantitative estimate of drug-likeness (QED) is 0.857. The zero-order valence-corrected chi connectivity index (χ0v) is 11.2. The number of hydrogen-bond acceptors (Lipinski definition) is 4. The van der Waals surface area contributed by atoms with Crippen LogP contribution in [0.1, 0.15) is 25.0 Å². The number of piperidine rings is 1. The highest BCUT2D eigenvalue weighted by molar-refractivity contribution is 7.13. The fraction of sp³-hybridized carbons (Fsp3) is 0.636. The van der Waals surface area contributed by atoms with E-state index in [1.54, 1.807) is 0 Å². The predicted molar refractivity (Wildman–Crippen MR) is 70.6 cm³/mol. The molecule has 4 nitrogen and oxygen atoms in total. The van der Waals surface area contributed by atoms with Crippen LogP contribution in [0, 0.1) is 0 Å². The van der Waals surface area contributed by atoms with Gasteiger partial charge in [0.1, 0.15) is 5.88 Å². The maximum Gasteiger partial charge on any atom is 0.241 e. The number of thiazole rings is 1. The highest BCUT2D eigenvalue weighted by Gasteiger charge is 2.12. The molecule has 1 fully saturated rings. The van der Waals surface area contributed by atoms with Gasteiger partial charge in [-0.3, -0.25) is 9.69 Å². The SMILES string of the molecule is O=C(CCl)Nc1nc(CN2CCCCC2)cs1. The van der Waals surface area contributed by atoms with Gasteiger partial charge in [-0.1, -0.05) is 6.42 Å². The van der Waals surface area contributed by atoms with E-state index < -0.39 is 0 Å². The molecule has 0 aromatic carbocycles. The van der Waals surface area contributed by atoms with Crippen molar-refractivity contribution in [3.05, 3.63) is 11.1 Å². The minimum Gasteiger partial charge on any atom is -0.301 e. The third-order valence-electron chi connectivity index (χ3n) is 2.75. The molecule has 17 heavy (non-hydrogen) atoms. The summed E-state index contributed by atoms with van der Waals surface area (Å²) in [4.78, 5) is 17.9. The summed E-state index contributed by atoms with van der Waals surface area (Å²) in [5.41, 5.74) is 1.03. The third-order valence-corrected chi connectivity index (χ3v) is 3.80. The van der Waals surface area contributed by atoms with E-state index in [2.05, 4.69) is 15.2 Å². The molecule has 6 heteroatoms. The number of carbonyl (C=O) groups is 1. The van der Waals surface area contributed by atoms with E-state index in [4.69, 9.17) is 11.6 Å². The molecule has 1 aliphatic rings. The Morgan fingerprint density at radius 3 is 2.94 bits per heavy atom. The smallest absolute Gasteiger partial charge is 0.241 e. The van der Waals surface area contributed by atoms with Crippen LogP contribution >= 0.6 is 22.9 Å². The van der Waals surface area contributed by atoms with Crippen LogP contribution in [0.5, 0.6) is 0 Å². The van der Waals surface area contributed by atoms with E-state index >= 15 is 0 Å². The number of halogens is 1. The van der Waals surface area contributed by atoms with Crippen LogP contribution in [0.3, 0.4) is 0 Å². The molecule has 1 aromatic rings. The lowest BCUT2D eigenvalue weighted by Crippen LogP contribution is -2.29. The van der Waals surface area contributed by atoms with Crippen LogP contribution in [0.2, 0.25) is 0 Å². The number of amides is 1. The number of carbonyl (C=O) groups excluding carboxylic acids is 1. The summed E-state index contributed by atoms with van der Waals surface area (Å²) >= 11 is 6.87. The van der Waals surface area contributed by atoms with Crippen molar-refractivity contribution in [2.75, 3.05) is 24.3 Å². The number of likely N-dealkylation sites (tertiary alicyclic amines) is 1. The highest BCUT2D eigenvalue weighted by atomic mass is 35.5. The number of nitrogens with one attached hydrogen (secondary N) is 1. The van der Waals surface area contributed by atoms with E-state index in [9.17, 15) is 4.79 Å². The van der Waals surface area contributed by atoms with Crippen LogP contribution in [-0.2, 0) is 11.3 Å². The molecule has 0 bridgehead atoms. The Bertz CT molecular complexity index is 377. The topological polar surface area (TPSA) is 45.2 Å². The fourth-order valence-electron chi connectivity index (χ4n) is 1.94. The molecule has 0 unspecified atom stereocenters. The van der Waals surface area contributed by atoms with Crippen LogP contribution in [0.15, 0.2) is 5.38 Å². The Balaban J connectivity index is 1.86. The molecule has 1 aromatic heterocycles. The van der Waals surface area contributed by atoms with Crippen LogP contribution in [0.4, 0.5) is 5.13 Å². The van der Waals surface area contributed by atoms with Gasteiger partial charge in [0, 0.05) is 11.9 Å². The van der Waals surface area contributed by atoms with Crippen molar-refractivity contribution in [2.24, 2.45) is 0 Å². The minimum atomic E-state index is -0.203. The average molecular weight is 274 g/mol. The van der Waals surface area contributed by atoms with Gasteiger partial charge in [0.2, 0.25) is 5.91 Å². The molecule has 0 atom stereocenters. The van der Waals surface area contributed by atoms with Gasteiger partial charge in [-0.05, 0) is 25.9 Å². The average Bonchev–Trinajstić information content (AvgIpc) is 2.77. The summed E-state index contributed by atoms with van der Waals surface area (Å²) in [7, 11) is 0. The van der Waals surface area contributed by atoms with Gasteiger partial charge in [0.05, 0.1) is 5.69 Å². The van der Waals surface area contributed by atoms with Crippen molar-refractivity contribution in [2.45, 2.75) is 25.8 Å². The van der Waals surface area contributed by atoms with Crippen molar-refractivity contribution < 1.29 is 4.79 Å². The molecule has 1 N–H and O–H groups in total. The van der Waals surface area contributed by atoms with Crippen LogP contribution in [-0.4, -0.2) is 34.8 Å². The number of anilines is 1. The Hall–Kier alpha value is -0.650. The number of rotatable bonds is 4. The Labute approximate surface area is 110 Å². The lowest BCUT2D eigenvalue weighted by molar-refractivity contribution is -0.113. The summed E-state index contributed by atoms with van der Waals surface area (Å²) in [6.45, 7) is 3.19. The van der Waals surface area contributed by atoms with Crippen molar-refractivity contribution in [1.82, 2.24) is 9.88 Å². The Morgan fingerprint density at radius 1 is 1.47 bits per heavy atom. The molecule has 0 saturated carbocycles. The molecule has 1 amide bonds. The Kier molecular flexibility index (Phi) is 4.76. The Morgan fingerprint density at radius 2 is 2.24 bits per heavy atom. The van der Waals surface area contributed by atoms with E-state index in [1.807, 2.05) is 5.38 Å². The van der Waals surface area contributed by atoms with Gasteiger partial charge in [-0.25, -0.2) is 4.98 Å². The molecule has 0 radical (unpaired) electrons. The molecule has 1 aliphatic heterocycles. The zero-order valence-electron chi connectivity index (χ0n) is 9.62. The largest absolute Gasteiger partial charge is 0.301 e. The first-order valence-electron chi connectivity index (χ1n) is 5.80. The third kappa shape index (κ3) is 3.94. The number of alkyl halides is 1. The first-order chi connectivity index (χ1) is 8.28. The second-order valence-corrected chi connectivity index (χ2v) is 5.29. The molecular weight excluding hydrogens is 258 g/mol. The van der Waals surface area contributed by atoms with Gasteiger partial charge < -0.3 is 5.32 Å². The first-order valence-corrected chi connectivity index (χ1v) is 7.22. The second-order valence-electron chi connectivity index (χ2n) is 4.16. The second kappa shape index (κ2) is 6.33. The summed E-state index contributed by atoms with van der Waals surface area (Å²) in [6, 6.07) is 0. The van der Waals surface area contributed by atoms with Crippen molar-refractivity contribution >= 4 is 34.0 Å². The van der Waals surface area contributed by atoms with Crippen molar-refractivity contribution in [3.8, 4) is 0 Å². The van der Waals surface area contributed by atoms with Gasteiger partial charge in [-0.15, -0.1) is 22.9 Å². The monoisotopic (exact) mass is 273 g/mol. The predicted octanol–water partition coefficient (Wildman–Crippen LogP) is 2.31. The molecule has 1 saturated heterocycles.